The smallest absolute Gasteiger partial charge is 0.337 e. The second kappa shape index (κ2) is 11.5. The lowest BCUT2D eigenvalue weighted by Crippen LogP contribution is -2.54. The van der Waals surface area contributed by atoms with Crippen molar-refractivity contribution in [1.29, 1.82) is 0 Å². The number of β-amino-alcohol motifs (C(OH)–C–C–N with tert-alkyl or cyclic N) is 1. The van der Waals surface area contributed by atoms with Crippen molar-refractivity contribution < 1.29 is 19.4 Å². The van der Waals surface area contributed by atoms with Crippen molar-refractivity contribution >= 4 is 11.8 Å². The van der Waals surface area contributed by atoms with E-state index in [0.29, 0.717) is 49.9 Å². The first-order valence-electron chi connectivity index (χ1n) is 12.8. The molecule has 1 aliphatic rings. The van der Waals surface area contributed by atoms with Gasteiger partial charge in [0, 0.05) is 50.9 Å². The molecule has 3 rings (SSSR count). The van der Waals surface area contributed by atoms with Crippen LogP contribution in [0.5, 0.6) is 5.75 Å². The van der Waals surface area contributed by atoms with Crippen LogP contribution in [0.4, 0.5) is 5.82 Å². The van der Waals surface area contributed by atoms with Crippen LogP contribution in [0.25, 0.3) is 0 Å². The van der Waals surface area contributed by atoms with Gasteiger partial charge < -0.3 is 19.5 Å². The molecular weight excluding hydrogens is 476 g/mol. The zero-order chi connectivity index (χ0) is 27.5. The third-order valence-electron chi connectivity index (χ3n) is 6.77. The number of aliphatic hydroxyl groups is 1. The molecule has 1 unspecified atom stereocenters. The molecule has 1 aliphatic heterocycles. The van der Waals surface area contributed by atoms with Gasteiger partial charge in [0.05, 0.1) is 12.7 Å². The van der Waals surface area contributed by atoms with E-state index in [1.165, 1.54) is 11.7 Å². The Kier molecular flexibility index (Phi) is 8.86. The summed E-state index contributed by atoms with van der Waals surface area (Å²) in [5.41, 5.74) is -1.02. The normalized spacial score (nSPS) is 15.8. The first-order chi connectivity index (χ1) is 17.4. The molecule has 204 valence electrons. The summed E-state index contributed by atoms with van der Waals surface area (Å²) in [7, 11) is 1.33. The SMILES string of the molecule is COC(=O)c1ccc(OC(C)(C)C(O)CN2CCN(c3cc(=O)n(C(C)C)c(=O)n3C(C)C)CC2)cc1. The molecule has 2 heterocycles. The van der Waals surface area contributed by atoms with E-state index in [4.69, 9.17) is 9.47 Å². The van der Waals surface area contributed by atoms with Crippen LogP contribution in [0.1, 0.15) is 64.0 Å². The summed E-state index contributed by atoms with van der Waals surface area (Å²) in [6, 6.07) is 7.87. The number of ether oxygens (including phenoxy) is 2. The average molecular weight is 517 g/mol. The zero-order valence-corrected chi connectivity index (χ0v) is 22.9. The second-order valence-electron chi connectivity index (χ2n) is 10.6. The largest absolute Gasteiger partial charge is 0.485 e. The number of carbonyl (C=O) groups excluding carboxylic acids is 1. The van der Waals surface area contributed by atoms with Gasteiger partial charge in [-0.15, -0.1) is 0 Å². The fraction of sp³-hybridized carbons (Fsp3) is 0.593. The quantitative estimate of drug-likeness (QED) is 0.506. The molecule has 0 bridgehead atoms. The predicted octanol–water partition coefficient (Wildman–Crippen LogP) is 2.30. The van der Waals surface area contributed by atoms with Gasteiger partial charge in [-0.3, -0.25) is 18.8 Å². The number of methoxy groups -OCH3 is 1. The standard InChI is InChI=1S/C27H40N4O6/c1-18(2)30-23(16-24(33)31(19(3)4)26(30)35)29-14-12-28(13-15-29)17-22(32)27(5,6)37-21-10-8-20(9-11-21)25(34)36-7/h8-11,16,18-19,22,32H,12-15,17H2,1-7H3. The Morgan fingerprint density at radius 2 is 1.54 bits per heavy atom. The van der Waals surface area contributed by atoms with Crippen LogP contribution in [0, 0.1) is 0 Å². The van der Waals surface area contributed by atoms with Gasteiger partial charge in [-0.1, -0.05) is 0 Å². The lowest BCUT2D eigenvalue weighted by atomic mass is 10.0. The van der Waals surface area contributed by atoms with E-state index in [-0.39, 0.29) is 23.3 Å². The number of carbonyl (C=O) groups is 1. The van der Waals surface area contributed by atoms with Crippen LogP contribution < -0.4 is 20.9 Å². The van der Waals surface area contributed by atoms with Crippen LogP contribution in [0.15, 0.2) is 39.9 Å². The van der Waals surface area contributed by atoms with E-state index < -0.39 is 17.7 Å². The Balaban J connectivity index is 1.65. The fourth-order valence-electron chi connectivity index (χ4n) is 4.53. The number of nitrogens with zero attached hydrogens (tertiary/aromatic N) is 4. The summed E-state index contributed by atoms with van der Waals surface area (Å²) in [4.78, 5) is 41.7. The maximum absolute atomic E-state index is 13.1. The number of aliphatic hydroxyl groups excluding tert-OH is 1. The van der Waals surface area contributed by atoms with E-state index >= 15 is 0 Å². The summed E-state index contributed by atoms with van der Waals surface area (Å²) in [6.45, 7) is 14.2. The van der Waals surface area contributed by atoms with Crippen molar-refractivity contribution in [1.82, 2.24) is 14.0 Å². The number of aromatic nitrogens is 2. The lowest BCUT2D eigenvalue weighted by molar-refractivity contribution is -0.0449. The van der Waals surface area contributed by atoms with Crippen molar-refractivity contribution in [2.45, 2.75) is 65.3 Å². The Hall–Kier alpha value is -3.11. The van der Waals surface area contributed by atoms with E-state index in [0.717, 1.165) is 0 Å². The molecule has 0 aliphatic carbocycles. The maximum atomic E-state index is 13.1. The highest BCUT2D eigenvalue weighted by atomic mass is 16.5. The molecule has 37 heavy (non-hydrogen) atoms. The maximum Gasteiger partial charge on any atom is 0.337 e. The minimum Gasteiger partial charge on any atom is -0.485 e. The molecule has 1 aromatic carbocycles. The van der Waals surface area contributed by atoms with Gasteiger partial charge in [0.1, 0.15) is 23.3 Å². The molecule has 0 saturated carbocycles. The molecule has 1 saturated heterocycles. The number of esters is 1. The molecule has 10 heteroatoms. The van der Waals surface area contributed by atoms with Crippen LogP contribution in [0.2, 0.25) is 0 Å². The minimum atomic E-state index is -0.872. The predicted molar refractivity (Wildman–Crippen MR) is 143 cm³/mol. The van der Waals surface area contributed by atoms with E-state index in [2.05, 4.69) is 9.80 Å². The number of hydrogen-bond donors (Lipinski definition) is 1. The third kappa shape index (κ3) is 6.42. The number of rotatable bonds is 9. The Bertz CT molecular complexity index is 1190. The average Bonchev–Trinajstić information content (AvgIpc) is 2.83. The van der Waals surface area contributed by atoms with Gasteiger partial charge in [0.2, 0.25) is 0 Å². The van der Waals surface area contributed by atoms with Crippen LogP contribution in [0.3, 0.4) is 0 Å². The van der Waals surface area contributed by atoms with E-state index in [1.807, 2.05) is 41.5 Å². The lowest BCUT2D eigenvalue weighted by Gasteiger charge is -2.40. The monoisotopic (exact) mass is 516 g/mol. The molecular formula is C27H40N4O6. The molecule has 10 nitrogen and oxygen atoms in total. The molecule has 1 aromatic heterocycles. The summed E-state index contributed by atoms with van der Waals surface area (Å²) < 4.78 is 13.7. The first-order valence-corrected chi connectivity index (χ1v) is 12.8. The molecule has 0 radical (unpaired) electrons. The molecule has 0 amide bonds. The number of benzene rings is 1. The Labute approximate surface area is 218 Å². The van der Waals surface area contributed by atoms with Gasteiger partial charge in [-0.05, 0) is 65.8 Å². The first kappa shape index (κ1) is 28.5. The molecule has 0 spiro atoms. The molecule has 1 atom stereocenters. The second-order valence-corrected chi connectivity index (χ2v) is 10.6. The van der Waals surface area contributed by atoms with E-state index in [1.54, 1.807) is 34.9 Å². The van der Waals surface area contributed by atoms with E-state index in [9.17, 15) is 19.5 Å². The third-order valence-corrected chi connectivity index (χ3v) is 6.77. The van der Waals surface area contributed by atoms with Gasteiger partial charge >= 0.3 is 11.7 Å². The number of piperazine rings is 1. The molecule has 2 aromatic rings. The van der Waals surface area contributed by atoms with Crippen molar-refractivity contribution in [3.05, 3.63) is 56.7 Å². The van der Waals surface area contributed by atoms with Gasteiger partial charge in [-0.2, -0.15) is 0 Å². The Morgan fingerprint density at radius 1 is 0.973 bits per heavy atom. The minimum absolute atomic E-state index is 0.0902. The fourth-order valence-corrected chi connectivity index (χ4v) is 4.53. The highest BCUT2D eigenvalue weighted by Crippen LogP contribution is 2.24. The summed E-state index contributed by atoms with van der Waals surface area (Å²) in [5.74, 6) is 0.766. The van der Waals surface area contributed by atoms with Gasteiger partial charge in [-0.25, -0.2) is 9.59 Å². The number of hydrogen-bond acceptors (Lipinski definition) is 8. The molecule has 1 fully saturated rings. The van der Waals surface area contributed by atoms with Gasteiger partial charge in [0.15, 0.2) is 0 Å². The summed E-state index contributed by atoms with van der Waals surface area (Å²) in [6.07, 6.45) is -0.775. The van der Waals surface area contributed by atoms with Crippen LogP contribution in [-0.2, 0) is 4.74 Å². The zero-order valence-electron chi connectivity index (χ0n) is 22.9. The van der Waals surface area contributed by atoms with Crippen LogP contribution in [-0.4, -0.2) is 76.6 Å². The van der Waals surface area contributed by atoms with Crippen molar-refractivity contribution in [3.8, 4) is 5.75 Å². The highest BCUT2D eigenvalue weighted by molar-refractivity contribution is 5.89. The summed E-state index contributed by atoms with van der Waals surface area (Å²) in [5, 5.41) is 11.0. The van der Waals surface area contributed by atoms with Crippen molar-refractivity contribution in [2.24, 2.45) is 0 Å². The highest BCUT2D eigenvalue weighted by Gasteiger charge is 2.33. The molecule has 1 N–H and O–H groups in total. The van der Waals surface area contributed by atoms with Gasteiger partial charge in [0.25, 0.3) is 5.56 Å². The number of anilines is 1. The summed E-state index contributed by atoms with van der Waals surface area (Å²) >= 11 is 0. The topological polar surface area (TPSA) is 106 Å². The Morgan fingerprint density at radius 3 is 2.05 bits per heavy atom. The van der Waals surface area contributed by atoms with Crippen molar-refractivity contribution in [2.75, 3.05) is 44.7 Å². The van der Waals surface area contributed by atoms with Crippen molar-refractivity contribution in [3.63, 3.8) is 0 Å². The van der Waals surface area contributed by atoms with Crippen LogP contribution >= 0.6 is 0 Å².